The summed E-state index contributed by atoms with van der Waals surface area (Å²) in [6.45, 7) is 8.79. The molecule has 0 radical (unpaired) electrons. The molecule has 0 heterocycles. The zero-order valence-electron chi connectivity index (χ0n) is 35.4. The monoisotopic (exact) mass is 820 g/mol. The third kappa shape index (κ3) is 11.0. The molecule has 0 saturated heterocycles. The molecule has 8 nitrogen and oxygen atoms in total. The molecule has 8 aromatic carbocycles. The van der Waals surface area contributed by atoms with Crippen molar-refractivity contribution in [2.75, 3.05) is 22.9 Å². The summed E-state index contributed by atoms with van der Waals surface area (Å²) in [6.07, 6.45) is 0. The van der Waals surface area contributed by atoms with E-state index in [0.29, 0.717) is 40.2 Å². The Balaban J connectivity index is 0.000000186. The molecule has 0 unspecified atom stereocenters. The first kappa shape index (κ1) is 42.3. The van der Waals surface area contributed by atoms with Gasteiger partial charge in [-0.05, 0) is 155 Å². The Labute approximate surface area is 364 Å². The van der Waals surface area contributed by atoms with E-state index in [1.807, 2.05) is 140 Å². The van der Waals surface area contributed by atoms with Crippen LogP contribution in [0.15, 0.2) is 188 Å². The molecular formula is C54H52N4O4. The van der Waals surface area contributed by atoms with Crippen LogP contribution < -0.4 is 41.9 Å². The molecule has 0 aromatic heterocycles. The minimum atomic E-state index is -0.167. The van der Waals surface area contributed by atoms with Crippen LogP contribution in [0.3, 0.4) is 0 Å². The maximum absolute atomic E-state index is 6.05. The van der Waals surface area contributed by atoms with E-state index < -0.39 is 0 Å². The van der Waals surface area contributed by atoms with Crippen LogP contribution >= 0.6 is 0 Å². The van der Waals surface area contributed by atoms with Crippen LogP contribution in [0.1, 0.15) is 50.3 Å². The van der Waals surface area contributed by atoms with Gasteiger partial charge in [-0.15, -0.1) is 0 Å². The van der Waals surface area contributed by atoms with Crippen LogP contribution in [0.2, 0.25) is 0 Å². The maximum Gasteiger partial charge on any atom is 0.129 e. The highest BCUT2D eigenvalue weighted by Crippen LogP contribution is 2.37. The van der Waals surface area contributed by atoms with Crippen molar-refractivity contribution in [2.24, 2.45) is 0 Å². The maximum atomic E-state index is 6.05. The number of benzene rings is 8. The quantitative estimate of drug-likeness (QED) is 0.0893. The zero-order valence-corrected chi connectivity index (χ0v) is 35.4. The predicted octanol–water partition coefficient (Wildman–Crippen LogP) is 14.0. The van der Waals surface area contributed by atoms with Gasteiger partial charge in [0.25, 0.3) is 0 Å². The smallest absolute Gasteiger partial charge is 0.129 e. The van der Waals surface area contributed by atoms with Crippen LogP contribution in [0.25, 0.3) is 11.1 Å². The van der Waals surface area contributed by atoms with Crippen LogP contribution in [0, 0.1) is 0 Å². The van der Waals surface area contributed by atoms with Gasteiger partial charge in [0.2, 0.25) is 0 Å². The highest BCUT2D eigenvalue weighted by Gasteiger charge is 2.23. The van der Waals surface area contributed by atoms with E-state index in [4.69, 9.17) is 41.9 Å². The van der Waals surface area contributed by atoms with Crippen molar-refractivity contribution in [3.8, 4) is 57.1 Å². The average Bonchev–Trinajstić information content (AvgIpc) is 3.26. The fraction of sp³-hybridized carbons (Fsp3) is 0.111. The van der Waals surface area contributed by atoms with Crippen molar-refractivity contribution < 1.29 is 18.9 Å². The summed E-state index contributed by atoms with van der Waals surface area (Å²) in [5.41, 5.74) is 31.7. The Morgan fingerprint density at radius 3 is 1.10 bits per heavy atom. The molecule has 0 aliphatic carbocycles. The van der Waals surface area contributed by atoms with Gasteiger partial charge in [0.05, 0.1) is 0 Å². The molecule has 8 rings (SSSR count). The van der Waals surface area contributed by atoms with Crippen molar-refractivity contribution in [1.82, 2.24) is 0 Å². The molecule has 0 bridgehead atoms. The summed E-state index contributed by atoms with van der Waals surface area (Å²) in [5.74, 6) is 6.43. The minimum Gasteiger partial charge on any atom is -0.457 e. The summed E-state index contributed by atoms with van der Waals surface area (Å²) in [7, 11) is 0. The molecule has 0 atom stereocenters. The van der Waals surface area contributed by atoms with Gasteiger partial charge in [0.15, 0.2) is 0 Å². The SMILES string of the molecule is CC(C)(c1ccc(Oc2ccc(N)cc2)cc1)c1ccc(Oc2ccc(N)cc2)cc1.CC(C)c1ccc(Oc2cccc(N)c2)cc1-c1ccc(Oc2cccc(N)c2)cc1. The molecule has 312 valence electrons. The van der Waals surface area contributed by atoms with Gasteiger partial charge in [0.1, 0.15) is 46.0 Å². The van der Waals surface area contributed by atoms with E-state index in [0.717, 1.165) is 45.6 Å². The second-order valence-corrected chi connectivity index (χ2v) is 15.8. The predicted molar refractivity (Wildman–Crippen MR) is 255 cm³/mol. The molecule has 8 heteroatoms. The Bertz CT molecular complexity index is 2600. The number of hydrogen-bond donors (Lipinski definition) is 4. The third-order valence-corrected chi connectivity index (χ3v) is 10.4. The van der Waals surface area contributed by atoms with Crippen LogP contribution in [-0.2, 0) is 5.41 Å². The van der Waals surface area contributed by atoms with Crippen LogP contribution in [0.4, 0.5) is 22.7 Å². The topological polar surface area (TPSA) is 141 Å². The first-order valence-electron chi connectivity index (χ1n) is 20.5. The Hall–Kier alpha value is -7.84. The Morgan fingerprint density at radius 2 is 0.694 bits per heavy atom. The molecular weight excluding hydrogens is 769 g/mol. The molecule has 0 spiro atoms. The normalized spacial score (nSPS) is 11.0. The third-order valence-electron chi connectivity index (χ3n) is 10.4. The van der Waals surface area contributed by atoms with Crippen molar-refractivity contribution in [3.63, 3.8) is 0 Å². The first-order valence-corrected chi connectivity index (χ1v) is 20.5. The highest BCUT2D eigenvalue weighted by molar-refractivity contribution is 5.71. The molecule has 62 heavy (non-hydrogen) atoms. The second kappa shape index (κ2) is 19.0. The van der Waals surface area contributed by atoms with E-state index in [-0.39, 0.29) is 5.41 Å². The van der Waals surface area contributed by atoms with Crippen LogP contribution in [0.5, 0.6) is 46.0 Å². The number of anilines is 4. The zero-order chi connectivity index (χ0) is 43.6. The molecule has 0 fully saturated rings. The number of ether oxygens (including phenoxy) is 4. The van der Waals surface area contributed by atoms with E-state index in [2.05, 4.69) is 76.2 Å². The number of nitrogen functional groups attached to an aromatic ring is 4. The summed E-state index contributed by atoms with van der Waals surface area (Å²) in [4.78, 5) is 0. The van der Waals surface area contributed by atoms with Gasteiger partial charge >= 0.3 is 0 Å². The van der Waals surface area contributed by atoms with Gasteiger partial charge in [-0.25, -0.2) is 0 Å². The summed E-state index contributed by atoms with van der Waals surface area (Å²) < 4.78 is 23.8. The fourth-order valence-electron chi connectivity index (χ4n) is 6.87. The summed E-state index contributed by atoms with van der Waals surface area (Å²) in [6, 6.07) is 60.2. The average molecular weight is 821 g/mol. The lowest BCUT2D eigenvalue weighted by molar-refractivity contribution is 0.481. The Kier molecular flexibility index (Phi) is 13.0. The van der Waals surface area contributed by atoms with E-state index in [1.165, 1.54) is 16.7 Å². The molecule has 8 N–H and O–H groups in total. The second-order valence-electron chi connectivity index (χ2n) is 15.8. The molecule has 8 aromatic rings. The first-order chi connectivity index (χ1) is 29.9. The van der Waals surface area contributed by atoms with Gasteiger partial charge in [-0.3, -0.25) is 0 Å². The fourth-order valence-corrected chi connectivity index (χ4v) is 6.87. The van der Waals surface area contributed by atoms with Crippen molar-refractivity contribution in [2.45, 2.75) is 39.0 Å². The van der Waals surface area contributed by atoms with E-state index in [9.17, 15) is 0 Å². The number of nitrogens with two attached hydrogens (primary N) is 4. The minimum absolute atomic E-state index is 0.167. The summed E-state index contributed by atoms with van der Waals surface area (Å²) in [5, 5.41) is 0. The van der Waals surface area contributed by atoms with Gasteiger partial charge in [0, 0.05) is 40.3 Å². The molecule has 0 aliphatic heterocycles. The van der Waals surface area contributed by atoms with Crippen LogP contribution in [-0.4, -0.2) is 0 Å². The number of hydrogen-bond acceptors (Lipinski definition) is 8. The van der Waals surface area contributed by atoms with E-state index >= 15 is 0 Å². The standard InChI is InChI=1S/2C27H26N2O2/c1-27(2,19-3-11-23(12-4-19)30-25-15-7-21(28)8-16-25)20-5-13-24(14-6-20)31-26-17-9-22(29)10-18-26;1-18(2)26-14-13-25(31-24-8-4-6-21(29)16-24)17-27(26)19-9-11-22(12-10-19)30-23-7-3-5-20(28)15-23/h2*3-18H,28-29H2,1-2H3. The van der Waals surface area contributed by atoms with E-state index in [1.54, 1.807) is 0 Å². The summed E-state index contributed by atoms with van der Waals surface area (Å²) >= 11 is 0. The lowest BCUT2D eigenvalue weighted by Crippen LogP contribution is -2.18. The lowest BCUT2D eigenvalue weighted by atomic mass is 9.78. The van der Waals surface area contributed by atoms with Gasteiger partial charge in [-0.1, -0.05) is 82.3 Å². The molecule has 0 aliphatic rings. The van der Waals surface area contributed by atoms with Crippen molar-refractivity contribution in [1.29, 1.82) is 0 Å². The molecule has 0 saturated carbocycles. The van der Waals surface area contributed by atoms with Crippen molar-refractivity contribution in [3.05, 3.63) is 205 Å². The molecule has 0 amide bonds. The van der Waals surface area contributed by atoms with Crippen molar-refractivity contribution >= 4 is 22.7 Å². The van der Waals surface area contributed by atoms with Gasteiger partial charge in [-0.2, -0.15) is 0 Å². The lowest BCUT2D eigenvalue weighted by Gasteiger charge is -2.26. The number of rotatable bonds is 12. The highest BCUT2D eigenvalue weighted by atomic mass is 16.5. The largest absolute Gasteiger partial charge is 0.457 e. The van der Waals surface area contributed by atoms with Gasteiger partial charge < -0.3 is 41.9 Å². The Morgan fingerprint density at radius 1 is 0.355 bits per heavy atom.